The fraction of sp³-hybridized carbons (Fsp3) is 0.278. The molecule has 0 saturated carbocycles. The number of carbonyl (C=O) groups excluding carboxylic acids is 1. The maximum atomic E-state index is 12.1. The largest absolute Gasteiger partial charge is 0.507 e. The lowest BCUT2D eigenvalue weighted by atomic mass is 10.1. The quantitative estimate of drug-likeness (QED) is 0.859. The van der Waals surface area contributed by atoms with Gasteiger partial charge in [0.2, 0.25) is 0 Å². The zero-order valence-electron chi connectivity index (χ0n) is 12.9. The van der Waals surface area contributed by atoms with E-state index in [0.717, 1.165) is 17.7 Å². The molecule has 0 unspecified atom stereocenters. The Kier molecular flexibility index (Phi) is 5.42. The van der Waals surface area contributed by atoms with Crippen molar-refractivity contribution in [2.75, 3.05) is 6.61 Å². The smallest absolute Gasteiger partial charge is 0.255 e. The fourth-order valence-electron chi connectivity index (χ4n) is 2.04. The van der Waals surface area contributed by atoms with Crippen LogP contribution in [0.25, 0.3) is 0 Å². The first kappa shape index (κ1) is 15.9. The van der Waals surface area contributed by atoms with Gasteiger partial charge in [0.15, 0.2) is 0 Å². The van der Waals surface area contributed by atoms with Crippen molar-refractivity contribution in [3.8, 4) is 11.5 Å². The van der Waals surface area contributed by atoms with Crippen LogP contribution in [-0.4, -0.2) is 17.6 Å². The predicted molar refractivity (Wildman–Crippen MR) is 86.2 cm³/mol. The van der Waals surface area contributed by atoms with Crippen molar-refractivity contribution in [3.05, 3.63) is 59.2 Å². The predicted octanol–water partition coefficient (Wildman–Crippen LogP) is 3.42. The van der Waals surface area contributed by atoms with Crippen LogP contribution in [0.4, 0.5) is 0 Å². The molecule has 0 bridgehead atoms. The molecule has 4 heteroatoms. The maximum Gasteiger partial charge on any atom is 0.255 e. The second-order valence-electron chi connectivity index (χ2n) is 5.15. The Bertz CT molecular complexity index is 635. The van der Waals surface area contributed by atoms with Gasteiger partial charge in [0, 0.05) is 6.54 Å². The zero-order chi connectivity index (χ0) is 15.9. The molecule has 2 N–H and O–H groups in total. The molecule has 0 spiro atoms. The van der Waals surface area contributed by atoms with Crippen molar-refractivity contribution in [1.82, 2.24) is 5.32 Å². The lowest BCUT2D eigenvalue weighted by molar-refractivity contribution is 0.0948. The number of aryl methyl sites for hydroxylation is 1. The van der Waals surface area contributed by atoms with E-state index in [4.69, 9.17) is 4.74 Å². The monoisotopic (exact) mass is 299 g/mol. The van der Waals surface area contributed by atoms with Crippen molar-refractivity contribution in [2.45, 2.75) is 26.8 Å². The molecule has 0 aromatic heterocycles. The number of aromatic hydroxyl groups is 1. The van der Waals surface area contributed by atoms with Crippen LogP contribution in [0.5, 0.6) is 11.5 Å². The number of rotatable bonds is 6. The normalized spacial score (nSPS) is 10.3. The fourth-order valence-corrected chi connectivity index (χ4v) is 2.04. The third-order valence-electron chi connectivity index (χ3n) is 3.33. The highest BCUT2D eigenvalue weighted by atomic mass is 16.5. The minimum absolute atomic E-state index is 0.0308. The highest BCUT2D eigenvalue weighted by Gasteiger charge is 2.11. The number of hydrogen-bond acceptors (Lipinski definition) is 3. The van der Waals surface area contributed by atoms with Crippen molar-refractivity contribution >= 4 is 5.91 Å². The molecule has 0 saturated heterocycles. The van der Waals surface area contributed by atoms with Gasteiger partial charge in [0.25, 0.3) is 5.91 Å². The molecule has 2 rings (SSSR count). The summed E-state index contributed by atoms with van der Waals surface area (Å²) in [6, 6.07) is 12.7. The van der Waals surface area contributed by atoms with E-state index in [1.165, 1.54) is 0 Å². The van der Waals surface area contributed by atoms with Gasteiger partial charge in [-0.25, -0.2) is 0 Å². The molecule has 2 aromatic carbocycles. The lowest BCUT2D eigenvalue weighted by Gasteiger charge is -2.09. The lowest BCUT2D eigenvalue weighted by Crippen LogP contribution is -2.22. The number of benzene rings is 2. The molecule has 22 heavy (non-hydrogen) atoms. The van der Waals surface area contributed by atoms with Crippen LogP contribution in [0.2, 0.25) is 0 Å². The number of nitrogens with one attached hydrogen (secondary N) is 1. The first-order valence-corrected chi connectivity index (χ1v) is 7.40. The summed E-state index contributed by atoms with van der Waals surface area (Å²) in [5, 5.41) is 12.7. The number of para-hydroxylation sites is 1. The molecule has 0 aliphatic rings. The summed E-state index contributed by atoms with van der Waals surface area (Å²) >= 11 is 0. The topological polar surface area (TPSA) is 58.6 Å². The average molecular weight is 299 g/mol. The molecule has 0 atom stereocenters. The highest BCUT2D eigenvalue weighted by Crippen LogP contribution is 2.21. The third-order valence-corrected chi connectivity index (χ3v) is 3.33. The molecule has 0 fully saturated rings. The molecular weight excluding hydrogens is 278 g/mol. The summed E-state index contributed by atoms with van der Waals surface area (Å²) in [4.78, 5) is 12.1. The van der Waals surface area contributed by atoms with Gasteiger partial charge >= 0.3 is 0 Å². The molecule has 2 aromatic rings. The maximum absolute atomic E-state index is 12.1. The molecule has 0 aliphatic heterocycles. The Labute approximate surface area is 130 Å². The second-order valence-corrected chi connectivity index (χ2v) is 5.15. The van der Waals surface area contributed by atoms with Gasteiger partial charge in [-0.15, -0.1) is 0 Å². The van der Waals surface area contributed by atoms with Crippen LogP contribution in [0.15, 0.2) is 42.5 Å². The Morgan fingerprint density at radius 1 is 1.18 bits per heavy atom. The molecule has 0 aliphatic carbocycles. The van der Waals surface area contributed by atoms with Crippen LogP contribution < -0.4 is 10.1 Å². The van der Waals surface area contributed by atoms with Gasteiger partial charge in [-0.2, -0.15) is 0 Å². The first-order valence-electron chi connectivity index (χ1n) is 7.40. The highest BCUT2D eigenvalue weighted by molar-refractivity contribution is 5.97. The summed E-state index contributed by atoms with van der Waals surface area (Å²) < 4.78 is 5.51. The first-order chi connectivity index (χ1) is 10.6. The van der Waals surface area contributed by atoms with Crippen molar-refractivity contribution in [1.29, 1.82) is 0 Å². The van der Waals surface area contributed by atoms with E-state index >= 15 is 0 Å². The number of phenols is 1. The van der Waals surface area contributed by atoms with Gasteiger partial charge in [-0.1, -0.05) is 31.2 Å². The number of hydrogen-bond donors (Lipinski definition) is 2. The van der Waals surface area contributed by atoms with Crippen LogP contribution in [-0.2, 0) is 6.54 Å². The zero-order valence-corrected chi connectivity index (χ0v) is 12.9. The SMILES string of the molecule is CCCOc1ccc(CNC(=O)c2cccc(C)c2O)cc1. The molecular formula is C18H21NO3. The molecule has 4 nitrogen and oxygen atoms in total. The van der Waals surface area contributed by atoms with Crippen LogP contribution in [0.1, 0.15) is 34.8 Å². The molecule has 116 valence electrons. The third kappa shape index (κ3) is 4.01. The van der Waals surface area contributed by atoms with Crippen LogP contribution >= 0.6 is 0 Å². The van der Waals surface area contributed by atoms with E-state index in [0.29, 0.717) is 24.3 Å². The van der Waals surface area contributed by atoms with Gasteiger partial charge in [-0.3, -0.25) is 4.79 Å². The summed E-state index contributed by atoms with van der Waals surface area (Å²) in [6.07, 6.45) is 0.970. The van der Waals surface area contributed by atoms with Crippen LogP contribution in [0.3, 0.4) is 0 Å². The van der Waals surface area contributed by atoms with E-state index in [1.807, 2.05) is 24.3 Å². The van der Waals surface area contributed by atoms with Gasteiger partial charge in [-0.05, 0) is 42.7 Å². The molecule has 0 radical (unpaired) electrons. The van der Waals surface area contributed by atoms with E-state index in [1.54, 1.807) is 25.1 Å². The number of ether oxygens (including phenoxy) is 1. The Hall–Kier alpha value is -2.49. The summed E-state index contributed by atoms with van der Waals surface area (Å²) in [5.74, 6) is 0.573. The Morgan fingerprint density at radius 2 is 1.91 bits per heavy atom. The summed E-state index contributed by atoms with van der Waals surface area (Å²) in [5.41, 5.74) is 1.96. The standard InChI is InChI=1S/C18H21NO3/c1-3-11-22-15-9-7-14(8-10-15)12-19-18(21)16-6-4-5-13(2)17(16)20/h4-10,20H,3,11-12H2,1-2H3,(H,19,21). The van der Waals surface area contributed by atoms with Crippen molar-refractivity contribution < 1.29 is 14.6 Å². The van der Waals surface area contributed by atoms with E-state index in [2.05, 4.69) is 12.2 Å². The second kappa shape index (κ2) is 7.50. The molecule has 1 amide bonds. The van der Waals surface area contributed by atoms with E-state index in [9.17, 15) is 9.90 Å². The van der Waals surface area contributed by atoms with E-state index in [-0.39, 0.29) is 11.7 Å². The van der Waals surface area contributed by atoms with Crippen molar-refractivity contribution in [2.24, 2.45) is 0 Å². The van der Waals surface area contributed by atoms with Gasteiger partial charge in [0.1, 0.15) is 11.5 Å². The van der Waals surface area contributed by atoms with Crippen LogP contribution in [0, 0.1) is 6.92 Å². The number of amides is 1. The minimum Gasteiger partial charge on any atom is -0.507 e. The van der Waals surface area contributed by atoms with Crippen molar-refractivity contribution in [3.63, 3.8) is 0 Å². The molecule has 0 heterocycles. The summed E-state index contributed by atoms with van der Waals surface area (Å²) in [7, 11) is 0. The Balaban J connectivity index is 1.95. The summed E-state index contributed by atoms with van der Waals surface area (Å²) in [6.45, 7) is 4.93. The average Bonchev–Trinajstić information content (AvgIpc) is 2.54. The number of phenolic OH excluding ortho intramolecular Hbond substituents is 1. The van der Waals surface area contributed by atoms with E-state index < -0.39 is 0 Å². The number of carbonyl (C=O) groups is 1. The van der Waals surface area contributed by atoms with Gasteiger partial charge in [0.05, 0.1) is 12.2 Å². The van der Waals surface area contributed by atoms with Gasteiger partial charge < -0.3 is 15.2 Å². The minimum atomic E-state index is -0.285. The Morgan fingerprint density at radius 3 is 2.59 bits per heavy atom.